The second kappa shape index (κ2) is 9.96. The summed E-state index contributed by atoms with van der Waals surface area (Å²) >= 11 is 0. The summed E-state index contributed by atoms with van der Waals surface area (Å²) in [5.74, 6) is 2.44. The number of carbonyl (C=O) groups excluding carboxylic acids is 2. The minimum atomic E-state index is -0.799. The predicted molar refractivity (Wildman–Crippen MR) is 164 cm³/mol. The van der Waals surface area contributed by atoms with Gasteiger partial charge in [0.2, 0.25) is 0 Å². The van der Waals surface area contributed by atoms with Gasteiger partial charge in [-0.25, -0.2) is 9.59 Å². The van der Waals surface area contributed by atoms with E-state index in [0.717, 1.165) is 57.7 Å². The number of nitrogens with one attached hydrogen (secondary N) is 2. The lowest BCUT2D eigenvalue weighted by Gasteiger charge is -2.63. The van der Waals surface area contributed by atoms with Crippen LogP contribution < -0.4 is 16.4 Å². The van der Waals surface area contributed by atoms with Crippen LogP contribution in [-0.4, -0.2) is 54.7 Å². The van der Waals surface area contributed by atoms with Crippen molar-refractivity contribution in [3.05, 3.63) is 18.1 Å². The largest absolute Gasteiger partial charge is 0.446 e. The van der Waals surface area contributed by atoms with E-state index in [4.69, 9.17) is 19.9 Å². The van der Waals surface area contributed by atoms with Crippen molar-refractivity contribution in [2.24, 2.45) is 56.5 Å². The zero-order valence-corrected chi connectivity index (χ0v) is 27.8. The number of rotatable bonds is 5. The summed E-state index contributed by atoms with van der Waals surface area (Å²) in [7, 11) is 0. The number of hydrogen-bond acceptors (Lipinski definition) is 7. The molecule has 0 aromatic heterocycles. The molecular formula is C35H54N3O6. The maximum absolute atomic E-state index is 12.8. The summed E-state index contributed by atoms with van der Waals surface area (Å²) in [5.41, 5.74) is 5.16. The van der Waals surface area contributed by atoms with Crippen molar-refractivity contribution < 1.29 is 28.9 Å². The second-order valence-corrected chi connectivity index (χ2v) is 17.0. The number of aliphatic hydroxyl groups is 1. The molecule has 2 saturated heterocycles. The molecule has 5 saturated carbocycles. The lowest BCUT2D eigenvalue weighted by Crippen LogP contribution is -2.60. The predicted octanol–water partition coefficient (Wildman–Crippen LogP) is 5.27. The third-order valence-corrected chi connectivity index (χ3v) is 14.5. The van der Waals surface area contributed by atoms with Crippen LogP contribution in [0.5, 0.6) is 0 Å². The Morgan fingerprint density at radius 2 is 1.84 bits per heavy atom. The number of alkyl carbamates (subject to hydrolysis) is 1. The Balaban J connectivity index is 1.14. The number of fused-ring (bicyclic) bond motifs is 4. The van der Waals surface area contributed by atoms with Gasteiger partial charge < -0.3 is 35.7 Å². The monoisotopic (exact) mass is 612 g/mol. The number of ether oxygens (including phenoxy) is 3. The number of primary amides is 1. The Bertz CT molecular complexity index is 1190. The van der Waals surface area contributed by atoms with Gasteiger partial charge in [-0.15, -0.1) is 0 Å². The van der Waals surface area contributed by atoms with Crippen molar-refractivity contribution in [1.29, 1.82) is 0 Å². The van der Waals surface area contributed by atoms with Crippen molar-refractivity contribution in [2.75, 3.05) is 13.1 Å². The van der Waals surface area contributed by atoms with Crippen molar-refractivity contribution >= 4 is 12.2 Å². The molecule has 7 rings (SSSR count). The molecule has 10 atom stereocenters. The lowest BCUT2D eigenvalue weighted by molar-refractivity contribution is -0.126. The van der Waals surface area contributed by atoms with Crippen LogP contribution in [0.1, 0.15) is 99.8 Å². The van der Waals surface area contributed by atoms with Gasteiger partial charge in [0.25, 0.3) is 0 Å². The minimum absolute atomic E-state index is 0.0110. The molecule has 0 aromatic carbocycles. The molecule has 5 N–H and O–H groups in total. The molecule has 7 aliphatic rings. The quantitative estimate of drug-likeness (QED) is 0.333. The fraction of sp³-hybridized carbons (Fsp3) is 0.857. The highest BCUT2D eigenvalue weighted by atomic mass is 16.6. The number of hydrogen-bond donors (Lipinski definition) is 4. The highest BCUT2D eigenvalue weighted by molar-refractivity contribution is 5.68. The van der Waals surface area contributed by atoms with Crippen molar-refractivity contribution in [3.8, 4) is 0 Å². The molecule has 7 fully saturated rings. The third kappa shape index (κ3) is 3.93. The molecule has 44 heavy (non-hydrogen) atoms. The third-order valence-electron chi connectivity index (χ3n) is 14.5. The van der Waals surface area contributed by atoms with Crippen LogP contribution in [-0.2, 0) is 14.2 Å². The molecule has 2 spiro atoms. The Kier molecular flexibility index (Phi) is 7.03. The number of amides is 2. The van der Waals surface area contributed by atoms with Crippen molar-refractivity contribution in [3.63, 3.8) is 0 Å². The minimum Gasteiger partial charge on any atom is -0.446 e. The summed E-state index contributed by atoms with van der Waals surface area (Å²) in [5, 5.41) is 18.6. The number of nitrogens with two attached hydrogens (primary N) is 1. The van der Waals surface area contributed by atoms with E-state index in [-0.39, 0.29) is 57.7 Å². The Morgan fingerprint density at radius 3 is 2.48 bits per heavy atom. The molecular weight excluding hydrogens is 558 g/mol. The van der Waals surface area contributed by atoms with Gasteiger partial charge in [-0.05, 0) is 91.3 Å². The maximum Gasteiger partial charge on any atom is 0.407 e. The Morgan fingerprint density at radius 1 is 1.11 bits per heavy atom. The second-order valence-electron chi connectivity index (χ2n) is 17.0. The van der Waals surface area contributed by atoms with E-state index in [1.54, 1.807) is 5.92 Å². The standard InChI is InChI=1S/C35H54N3O6/c1-18(2)26(44-29(36)40)21-14-19(3)25-27(42-21)28(39)33(7)23-9-8-22-31(4,5)24(43-30(41)38-20-15-37-16-20)10-11-34(22)17-35(23,34)13-12-32(25,33)6/h18-20,22,24-26,28,37,39H,8-17H2,1-7H3,(H2,36,40)(H,38,41)/t19-,22+,24?,25+,26-,28+,32-,33-,34-,35+/m1/s1. The van der Waals surface area contributed by atoms with E-state index in [2.05, 4.69) is 45.3 Å². The number of carbonyl (C=O) groups is 2. The lowest BCUT2D eigenvalue weighted by atomic mass is 9.41. The van der Waals surface area contributed by atoms with Crippen LogP contribution in [0, 0.1) is 68.9 Å². The van der Waals surface area contributed by atoms with Crippen LogP contribution in [0.2, 0.25) is 0 Å². The molecule has 245 valence electrons. The summed E-state index contributed by atoms with van der Waals surface area (Å²) in [6.45, 7) is 17.3. The Labute approximate surface area is 263 Å². The Hall–Kier alpha value is -1.58. The van der Waals surface area contributed by atoms with Gasteiger partial charge in [0.15, 0.2) is 0 Å². The highest BCUT2D eigenvalue weighted by Gasteiger charge is 2.85. The van der Waals surface area contributed by atoms with E-state index in [9.17, 15) is 14.7 Å². The van der Waals surface area contributed by atoms with E-state index in [1.165, 1.54) is 6.42 Å². The van der Waals surface area contributed by atoms with Crippen LogP contribution in [0.3, 0.4) is 0 Å². The van der Waals surface area contributed by atoms with E-state index >= 15 is 0 Å². The van der Waals surface area contributed by atoms with E-state index < -0.39 is 23.7 Å². The first-order valence-electron chi connectivity index (χ1n) is 17.2. The van der Waals surface area contributed by atoms with E-state index in [1.807, 2.05) is 13.8 Å². The topological polar surface area (TPSA) is 132 Å². The van der Waals surface area contributed by atoms with Gasteiger partial charge in [-0.3, -0.25) is 0 Å². The average Bonchev–Trinajstić information content (AvgIpc) is 3.55. The molecule has 2 heterocycles. The van der Waals surface area contributed by atoms with Crippen LogP contribution in [0.25, 0.3) is 0 Å². The van der Waals surface area contributed by atoms with Gasteiger partial charge in [-0.2, -0.15) is 0 Å². The first kappa shape index (κ1) is 31.0. The van der Waals surface area contributed by atoms with Crippen LogP contribution >= 0.6 is 0 Å². The van der Waals surface area contributed by atoms with Gasteiger partial charge in [0, 0.05) is 29.8 Å². The van der Waals surface area contributed by atoms with Crippen molar-refractivity contribution in [1.82, 2.24) is 10.6 Å². The summed E-state index contributed by atoms with van der Waals surface area (Å²) in [4.78, 5) is 24.6. The number of aliphatic hydroxyl groups excluding tert-OH is 1. The van der Waals surface area contributed by atoms with Gasteiger partial charge in [0.05, 0.1) is 12.1 Å². The molecule has 9 nitrogen and oxygen atoms in total. The first-order valence-corrected chi connectivity index (χ1v) is 17.2. The molecule has 5 aliphatic carbocycles. The first-order chi connectivity index (χ1) is 20.6. The van der Waals surface area contributed by atoms with Crippen LogP contribution in [0.4, 0.5) is 9.59 Å². The smallest absolute Gasteiger partial charge is 0.407 e. The molecule has 3 radical (unpaired) electrons. The summed E-state index contributed by atoms with van der Waals surface area (Å²) in [6, 6.07) is 0.170. The fourth-order valence-electron chi connectivity index (χ4n) is 12.2. The molecule has 9 heteroatoms. The van der Waals surface area contributed by atoms with E-state index in [0.29, 0.717) is 18.4 Å². The summed E-state index contributed by atoms with van der Waals surface area (Å²) in [6.07, 6.45) is 7.17. The molecule has 2 amide bonds. The zero-order valence-electron chi connectivity index (χ0n) is 27.8. The zero-order chi connectivity index (χ0) is 31.6. The van der Waals surface area contributed by atoms with Gasteiger partial charge >= 0.3 is 12.2 Å². The average molecular weight is 613 g/mol. The highest BCUT2D eigenvalue weighted by Crippen LogP contribution is 2.90. The maximum atomic E-state index is 12.8. The SMILES string of the molecule is CC(C)[C@@H](OC(N)=O)[C]1C[C@@H](C)[C@H]2[C](O1)[C@H](O)[C@@]1(C)[C]3CC[C@H]4C(C)(C)C(OC(=O)NC5CNC5)CC[C@@]45C[C@@]35CC[C@]21C. The molecule has 1 unspecified atom stereocenters. The normalized spacial score (nSPS) is 47.2. The van der Waals surface area contributed by atoms with Crippen LogP contribution in [0.15, 0.2) is 0 Å². The van der Waals surface area contributed by atoms with Crippen molar-refractivity contribution in [2.45, 2.75) is 124 Å². The summed E-state index contributed by atoms with van der Waals surface area (Å²) < 4.78 is 18.4. The molecule has 2 aliphatic heterocycles. The molecule has 0 bridgehead atoms. The fourth-order valence-corrected chi connectivity index (χ4v) is 12.2. The van der Waals surface area contributed by atoms with Gasteiger partial charge in [0.1, 0.15) is 24.4 Å². The van der Waals surface area contributed by atoms with Gasteiger partial charge in [-0.1, -0.05) is 48.5 Å². The molecule has 0 aromatic rings.